The van der Waals surface area contributed by atoms with Crippen LogP contribution in [0.25, 0.3) is 27.7 Å². The monoisotopic (exact) mass is 619 g/mol. The number of pyridine rings is 2. The number of halogens is 2. The zero-order valence-corrected chi connectivity index (χ0v) is 20.1. The van der Waals surface area contributed by atoms with E-state index in [2.05, 4.69) is 17.1 Å². The van der Waals surface area contributed by atoms with E-state index >= 15 is 0 Å². The third-order valence-electron chi connectivity index (χ3n) is 5.53. The van der Waals surface area contributed by atoms with Gasteiger partial charge in [0.1, 0.15) is 11.9 Å². The molecule has 0 atom stereocenters. The summed E-state index contributed by atoms with van der Waals surface area (Å²) >= 11 is 0. The summed E-state index contributed by atoms with van der Waals surface area (Å²) in [6.45, 7) is 4.02. The molecule has 0 aliphatic heterocycles. The normalized spacial score (nSPS) is 11.4. The molecule has 0 aliphatic rings. The number of nitrogens with zero attached hydrogens (tertiary/aromatic N) is 4. The van der Waals surface area contributed by atoms with Gasteiger partial charge in [-0.05, 0) is 42.4 Å². The van der Waals surface area contributed by atoms with Gasteiger partial charge < -0.3 is 0 Å². The minimum Gasteiger partial charge on any atom is -0.300 e. The number of fused-ring (bicyclic) bond motifs is 1. The van der Waals surface area contributed by atoms with Gasteiger partial charge in [-0.15, -0.1) is 12.1 Å². The topological polar surface area (TPSA) is 43.6 Å². The van der Waals surface area contributed by atoms with Crippen LogP contribution in [0, 0.1) is 24.0 Å². The van der Waals surface area contributed by atoms with Crippen LogP contribution in [0.15, 0.2) is 72.9 Å². The number of hydrogen-bond acceptors (Lipinski definition) is 3. The van der Waals surface area contributed by atoms with Crippen molar-refractivity contribution in [2.45, 2.75) is 19.3 Å². The van der Waals surface area contributed by atoms with Crippen LogP contribution in [-0.4, -0.2) is 19.7 Å². The van der Waals surface area contributed by atoms with Crippen molar-refractivity contribution in [2.75, 3.05) is 0 Å². The number of rotatable bonds is 4. The average Bonchev–Trinajstić information content (AvgIpc) is 3.30. The summed E-state index contributed by atoms with van der Waals surface area (Å²) in [5.74, 6) is -1.86. The van der Waals surface area contributed by atoms with Crippen LogP contribution in [0.5, 0.6) is 0 Å². The Morgan fingerprint density at radius 1 is 0.909 bits per heavy atom. The number of hydrogen-bond donors (Lipinski definition) is 0. The molecule has 0 saturated heterocycles. The van der Waals surface area contributed by atoms with Crippen LogP contribution in [0.4, 0.5) is 8.78 Å². The van der Waals surface area contributed by atoms with Crippen LogP contribution in [-0.2, 0) is 26.5 Å². The van der Waals surface area contributed by atoms with E-state index in [1.54, 1.807) is 4.68 Å². The Bertz CT molecular complexity index is 1430. The smallest absolute Gasteiger partial charge is 0.300 e. The van der Waals surface area contributed by atoms with Crippen molar-refractivity contribution in [3.63, 3.8) is 0 Å². The first-order chi connectivity index (χ1) is 15.4. The molecule has 0 amide bonds. The Labute approximate surface area is 204 Å². The molecule has 3 heterocycles. The van der Waals surface area contributed by atoms with E-state index in [0.29, 0.717) is 11.4 Å². The molecule has 0 bridgehead atoms. The maximum atomic E-state index is 14.6. The van der Waals surface area contributed by atoms with Crippen molar-refractivity contribution in [1.82, 2.24) is 19.7 Å². The molecule has 0 spiro atoms. The zero-order valence-electron chi connectivity index (χ0n) is 17.8. The third-order valence-corrected chi connectivity index (χ3v) is 5.53. The van der Waals surface area contributed by atoms with Gasteiger partial charge in [0.15, 0.2) is 0 Å². The number of aromatic nitrogens is 4. The largest absolute Gasteiger partial charge is 2.00 e. The van der Waals surface area contributed by atoms with Gasteiger partial charge >= 0.3 is 21.1 Å². The fourth-order valence-electron chi connectivity index (χ4n) is 3.70. The Kier molecular flexibility index (Phi) is 6.22. The fraction of sp³-hybridized carbons (Fsp3) is 0.115. The summed E-state index contributed by atoms with van der Waals surface area (Å²) in [5, 5.41) is 6.36. The molecule has 5 aromatic rings. The van der Waals surface area contributed by atoms with Gasteiger partial charge in [0.2, 0.25) is 0 Å². The van der Waals surface area contributed by atoms with E-state index < -0.39 is 17.3 Å². The quantitative estimate of drug-likeness (QED) is 0.192. The molecular formula is C26H18F2N4Pt. The van der Waals surface area contributed by atoms with Gasteiger partial charge in [-0.1, -0.05) is 35.9 Å². The Hall–Kier alpha value is -3.24. The molecule has 4 nitrogen and oxygen atoms in total. The minimum absolute atomic E-state index is 0. The summed E-state index contributed by atoms with van der Waals surface area (Å²) in [6.07, 6.45) is 1.88. The van der Waals surface area contributed by atoms with Crippen LogP contribution in [0.3, 0.4) is 0 Å². The van der Waals surface area contributed by atoms with Gasteiger partial charge in [-0.2, -0.15) is 29.4 Å². The number of benzene rings is 2. The summed E-state index contributed by atoms with van der Waals surface area (Å²) in [7, 11) is 0. The molecule has 5 rings (SSSR count). The van der Waals surface area contributed by atoms with E-state index in [1.165, 1.54) is 0 Å². The van der Waals surface area contributed by atoms with Gasteiger partial charge in [-0.3, -0.25) is 14.6 Å². The second-order valence-corrected chi connectivity index (χ2v) is 7.98. The predicted octanol–water partition coefficient (Wildman–Crippen LogP) is 5.68. The van der Waals surface area contributed by atoms with Crippen molar-refractivity contribution >= 4 is 10.8 Å². The van der Waals surface area contributed by atoms with E-state index in [-0.39, 0.29) is 26.6 Å². The first-order valence-corrected chi connectivity index (χ1v) is 10.1. The SMILES string of the molecule is CC(C)(c1cc2ccccc2c(-c2[c-]cc(F)nc2F)n1)c1ccn(-c2[c-]cccc2)n1.[Pt+2]. The summed E-state index contributed by atoms with van der Waals surface area (Å²) < 4.78 is 29.7. The fourth-order valence-corrected chi connectivity index (χ4v) is 3.70. The maximum absolute atomic E-state index is 14.6. The zero-order chi connectivity index (χ0) is 22.3. The van der Waals surface area contributed by atoms with Gasteiger partial charge in [0.05, 0.1) is 11.1 Å². The average molecular weight is 620 g/mol. The minimum atomic E-state index is -0.943. The summed E-state index contributed by atoms with van der Waals surface area (Å²) in [6, 6.07) is 25.9. The maximum Gasteiger partial charge on any atom is 2.00 e. The number of para-hydroxylation sites is 1. The van der Waals surface area contributed by atoms with Crippen LogP contribution in [0.1, 0.15) is 25.2 Å². The molecule has 2 aromatic carbocycles. The van der Waals surface area contributed by atoms with E-state index in [4.69, 9.17) is 10.1 Å². The van der Waals surface area contributed by atoms with Crippen molar-refractivity contribution in [1.29, 1.82) is 0 Å². The summed E-state index contributed by atoms with van der Waals surface area (Å²) in [4.78, 5) is 8.12. The van der Waals surface area contributed by atoms with Crippen LogP contribution in [0.2, 0.25) is 0 Å². The van der Waals surface area contributed by atoms with Gasteiger partial charge in [0.25, 0.3) is 0 Å². The predicted molar refractivity (Wildman–Crippen MR) is 118 cm³/mol. The van der Waals surface area contributed by atoms with Crippen LogP contribution >= 0.6 is 0 Å². The van der Waals surface area contributed by atoms with Crippen LogP contribution < -0.4 is 0 Å². The van der Waals surface area contributed by atoms with Gasteiger partial charge in [0, 0.05) is 17.6 Å². The van der Waals surface area contributed by atoms with E-state index in [9.17, 15) is 8.78 Å². The first kappa shape index (κ1) is 22.9. The van der Waals surface area contributed by atoms with Crippen molar-refractivity contribution < 1.29 is 29.8 Å². The molecule has 0 radical (unpaired) electrons. The van der Waals surface area contributed by atoms with E-state index in [0.717, 1.165) is 28.2 Å². The Morgan fingerprint density at radius 3 is 2.45 bits per heavy atom. The molecule has 0 aliphatic carbocycles. The van der Waals surface area contributed by atoms with E-state index in [1.807, 2.05) is 80.7 Å². The van der Waals surface area contributed by atoms with Crippen molar-refractivity contribution in [3.05, 3.63) is 108 Å². The molecule has 0 N–H and O–H groups in total. The molecule has 0 saturated carbocycles. The van der Waals surface area contributed by atoms with Crippen molar-refractivity contribution in [3.8, 4) is 16.9 Å². The third kappa shape index (κ3) is 4.23. The second-order valence-electron chi connectivity index (χ2n) is 7.98. The molecule has 0 unspecified atom stereocenters. The first-order valence-electron chi connectivity index (χ1n) is 10.1. The standard InChI is InChI=1S/C26H18F2N4.Pt/c1-26(2,21-14-15-32(31-21)18-9-4-3-5-10-18)22-16-17-8-6-7-11-19(17)24(29-22)20-12-13-23(27)30-25(20)28;/h3-9,11,13-16H,1-2H3;/q-2;+2. The Balaban J connectivity index is 0.00000259. The second kappa shape index (κ2) is 8.95. The van der Waals surface area contributed by atoms with Gasteiger partial charge in [-0.25, -0.2) is 8.78 Å². The molecular weight excluding hydrogens is 601 g/mol. The van der Waals surface area contributed by atoms with Crippen molar-refractivity contribution in [2.24, 2.45) is 0 Å². The summed E-state index contributed by atoms with van der Waals surface area (Å²) in [5.41, 5.74) is 2.13. The Morgan fingerprint density at radius 2 is 1.70 bits per heavy atom. The molecule has 33 heavy (non-hydrogen) atoms. The molecule has 3 aromatic heterocycles. The molecule has 7 heteroatoms. The molecule has 0 fully saturated rings. The molecule has 166 valence electrons.